The molecule has 2 amide bonds. The van der Waals surface area contributed by atoms with Crippen molar-refractivity contribution >= 4 is 23.6 Å². The number of hydrogen-bond donors (Lipinski definition) is 1. The molecule has 1 spiro atoms. The van der Waals surface area contributed by atoms with Gasteiger partial charge in [0, 0.05) is 36.2 Å². The van der Waals surface area contributed by atoms with Gasteiger partial charge in [0.05, 0.1) is 18.8 Å². The fourth-order valence-corrected chi connectivity index (χ4v) is 3.80. The molecular weight excluding hydrogens is 356 g/mol. The van der Waals surface area contributed by atoms with Crippen molar-refractivity contribution in [1.82, 2.24) is 20.0 Å². The Morgan fingerprint density at radius 1 is 1.31 bits per heavy atom. The molecule has 3 heterocycles. The summed E-state index contributed by atoms with van der Waals surface area (Å²) in [5.41, 5.74) is 2.29. The zero-order chi connectivity index (χ0) is 18.5. The second-order valence-corrected chi connectivity index (χ2v) is 7.40. The van der Waals surface area contributed by atoms with Gasteiger partial charge in [-0.05, 0) is 19.1 Å². The number of amides is 2. The number of nitrogens with zero attached hydrogens (tertiary/aromatic N) is 3. The Morgan fingerprint density at radius 2 is 2.04 bits per heavy atom. The Kier molecular flexibility index (Phi) is 3.91. The summed E-state index contributed by atoms with van der Waals surface area (Å²) < 4.78 is 5.51. The Hall–Kier alpha value is -2.54. The number of hydrogen-bond acceptors (Lipinski definition) is 4. The summed E-state index contributed by atoms with van der Waals surface area (Å²) in [7, 11) is 1.71. The number of nitrogens with one attached hydrogen (secondary N) is 1. The molecule has 2 aliphatic rings. The van der Waals surface area contributed by atoms with Gasteiger partial charge in [0.1, 0.15) is 5.69 Å². The van der Waals surface area contributed by atoms with Crippen molar-refractivity contribution in [2.45, 2.75) is 18.9 Å². The van der Waals surface area contributed by atoms with E-state index in [0.717, 1.165) is 16.8 Å². The molecule has 8 heteroatoms. The number of likely N-dealkylation sites (N-methyl/N-ethyl adjacent to an activating group) is 1. The summed E-state index contributed by atoms with van der Waals surface area (Å²) in [4.78, 5) is 27.9. The molecule has 2 aliphatic heterocycles. The maximum atomic E-state index is 12.9. The summed E-state index contributed by atoms with van der Waals surface area (Å²) in [6.45, 7) is 3.33. The summed E-state index contributed by atoms with van der Waals surface area (Å²) in [6, 6.07) is 7.33. The van der Waals surface area contributed by atoms with Gasteiger partial charge in [-0.1, -0.05) is 23.7 Å². The molecule has 0 radical (unpaired) electrons. The van der Waals surface area contributed by atoms with Crippen LogP contribution in [0.3, 0.4) is 0 Å². The van der Waals surface area contributed by atoms with Crippen LogP contribution < -0.4 is 0 Å². The van der Waals surface area contributed by atoms with Crippen LogP contribution in [-0.2, 0) is 4.74 Å². The number of likely N-dealkylation sites (tertiary alicyclic amines) is 1. The van der Waals surface area contributed by atoms with Gasteiger partial charge in [-0.25, -0.2) is 4.79 Å². The molecule has 1 aromatic heterocycles. The number of carbonyl (C=O) groups excluding carboxylic acids is 2. The van der Waals surface area contributed by atoms with E-state index in [2.05, 4.69) is 10.2 Å². The Balaban J connectivity index is 1.55. The number of rotatable bonds is 2. The number of ether oxygens (including phenoxy) is 1. The molecule has 4 rings (SSSR count). The van der Waals surface area contributed by atoms with Crippen LogP contribution in [0.4, 0.5) is 4.79 Å². The lowest BCUT2D eigenvalue weighted by atomic mass is 10.0. The monoisotopic (exact) mass is 374 g/mol. The predicted octanol–water partition coefficient (Wildman–Crippen LogP) is 2.71. The lowest BCUT2D eigenvalue weighted by Crippen LogP contribution is -2.39. The summed E-state index contributed by atoms with van der Waals surface area (Å²) in [6.07, 6.45) is 0.313. The van der Waals surface area contributed by atoms with Gasteiger partial charge < -0.3 is 14.5 Å². The van der Waals surface area contributed by atoms with Crippen molar-refractivity contribution in [3.8, 4) is 11.3 Å². The maximum Gasteiger partial charge on any atom is 0.410 e. The highest BCUT2D eigenvalue weighted by atomic mass is 35.5. The van der Waals surface area contributed by atoms with Gasteiger partial charge in [-0.2, -0.15) is 5.10 Å². The van der Waals surface area contributed by atoms with E-state index in [1.165, 1.54) is 0 Å². The Bertz CT molecular complexity index is 879. The van der Waals surface area contributed by atoms with E-state index in [9.17, 15) is 9.59 Å². The number of H-pyrrole nitrogens is 1. The number of carbonyl (C=O) groups is 2. The van der Waals surface area contributed by atoms with Gasteiger partial charge in [0.25, 0.3) is 5.91 Å². The molecule has 1 N–H and O–H groups in total. The van der Waals surface area contributed by atoms with Gasteiger partial charge >= 0.3 is 6.09 Å². The minimum atomic E-state index is -0.589. The number of aromatic amines is 1. The van der Waals surface area contributed by atoms with Crippen molar-refractivity contribution < 1.29 is 14.3 Å². The number of aromatic nitrogens is 2. The Morgan fingerprint density at radius 3 is 2.69 bits per heavy atom. The molecule has 136 valence electrons. The first-order valence-electron chi connectivity index (χ1n) is 8.43. The third-order valence-electron chi connectivity index (χ3n) is 5.09. The largest absolute Gasteiger partial charge is 0.439 e. The highest BCUT2D eigenvalue weighted by Crippen LogP contribution is 2.33. The first-order valence-corrected chi connectivity index (χ1v) is 8.81. The molecule has 0 saturated carbocycles. The fraction of sp³-hybridized carbons (Fsp3) is 0.389. The normalized spacial score (nSPS) is 22.3. The SMILES string of the molecule is Cc1c(-c2ccc(Cl)cc2)n[nH]c1C(=O)N1CC[C@@]2(CN(C)C(=O)O2)C1. The van der Waals surface area contributed by atoms with Crippen LogP contribution in [0.2, 0.25) is 5.02 Å². The molecule has 2 fully saturated rings. The molecule has 1 atom stereocenters. The lowest BCUT2D eigenvalue weighted by molar-refractivity contribution is 0.0550. The van der Waals surface area contributed by atoms with E-state index in [4.69, 9.17) is 16.3 Å². The molecule has 0 unspecified atom stereocenters. The van der Waals surface area contributed by atoms with Crippen LogP contribution in [-0.4, -0.2) is 64.3 Å². The standard InChI is InChI=1S/C18H19ClN4O3/c1-11-14(12-3-5-13(19)6-4-12)20-21-15(11)16(24)23-8-7-18(10-23)9-22(2)17(25)26-18/h3-6H,7-10H2,1-2H3,(H,20,21)/t18-/m1/s1. The minimum Gasteiger partial charge on any atom is -0.439 e. The van der Waals surface area contributed by atoms with Crippen molar-refractivity contribution in [2.75, 3.05) is 26.7 Å². The fourth-order valence-electron chi connectivity index (χ4n) is 3.68. The first kappa shape index (κ1) is 16.9. The van der Waals surface area contributed by atoms with Crippen LogP contribution >= 0.6 is 11.6 Å². The molecule has 1 aromatic carbocycles. The van der Waals surface area contributed by atoms with Crippen LogP contribution in [0.15, 0.2) is 24.3 Å². The lowest BCUT2D eigenvalue weighted by Gasteiger charge is -2.21. The van der Waals surface area contributed by atoms with Crippen LogP contribution in [0, 0.1) is 6.92 Å². The number of halogens is 1. The molecule has 7 nitrogen and oxygen atoms in total. The van der Waals surface area contributed by atoms with Gasteiger partial charge in [-0.15, -0.1) is 0 Å². The van der Waals surface area contributed by atoms with Crippen molar-refractivity contribution in [3.63, 3.8) is 0 Å². The first-order chi connectivity index (χ1) is 12.4. The molecule has 2 saturated heterocycles. The zero-order valence-electron chi connectivity index (χ0n) is 14.6. The van der Waals surface area contributed by atoms with E-state index in [0.29, 0.717) is 36.8 Å². The summed E-state index contributed by atoms with van der Waals surface area (Å²) in [5, 5.41) is 7.83. The van der Waals surface area contributed by atoms with Crippen LogP contribution in [0.25, 0.3) is 11.3 Å². The maximum absolute atomic E-state index is 12.9. The average molecular weight is 375 g/mol. The average Bonchev–Trinajstić information content (AvgIpc) is 3.27. The third-order valence-corrected chi connectivity index (χ3v) is 5.34. The van der Waals surface area contributed by atoms with Crippen molar-refractivity contribution in [3.05, 3.63) is 40.5 Å². The summed E-state index contributed by atoms with van der Waals surface area (Å²) in [5.74, 6) is -0.127. The van der Waals surface area contributed by atoms with Crippen molar-refractivity contribution in [2.24, 2.45) is 0 Å². The molecule has 0 bridgehead atoms. The predicted molar refractivity (Wildman–Crippen MR) is 96.1 cm³/mol. The van der Waals surface area contributed by atoms with E-state index in [-0.39, 0.29) is 12.0 Å². The molecule has 2 aromatic rings. The minimum absolute atomic E-state index is 0.127. The third kappa shape index (κ3) is 2.72. The summed E-state index contributed by atoms with van der Waals surface area (Å²) >= 11 is 5.93. The smallest absolute Gasteiger partial charge is 0.410 e. The topological polar surface area (TPSA) is 78.5 Å². The molecular formula is C18H19ClN4O3. The zero-order valence-corrected chi connectivity index (χ0v) is 15.3. The van der Waals surface area contributed by atoms with E-state index in [1.54, 1.807) is 29.0 Å². The van der Waals surface area contributed by atoms with E-state index >= 15 is 0 Å². The van der Waals surface area contributed by atoms with E-state index < -0.39 is 5.60 Å². The second kappa shape index (κ2) is 6.02. The van der Waals surface area contributed by atoms with Gasteiger partial charge in [0.15, 0.2) is 5.60 Å². The van der Waals surface area contributed by atoms with Gasteiger partial charge in [0.2, 0.25) is 0 Å². The number of benzene rings is 1. The van der Waals surface area contributed by atoms with Crippen LogP contribution in [0.5, 0.6) is 0 Å². The molecule has 26 heavy (non-hydrogen) atoms. The van der Waals surface area contributed by atoms with Gasteiger partial charge in [-0.3, -0.25) is 9.89 Å². The van der Waals surface area contributed by atoms with Crippen molar-refractivity contribution in [1.29, 1.82) is 0 Å². The quantitative estimate of drug-likeness (QED) is 0.876. The molecule has 0 aliphatic carbocycles. The van der Waals surface area contributed by atoms with Crippen LogP contribution in [0.1, 0.15) is 22.5 Å². The Labute approximate surface area is 155 Å². The second-order valence-electron chi connectivity index (χ2n) is 6.96. The highest BCUT2D eigenvalue weighted by Gasteiger charge is 2.49. The highest BCUT2D eigenvalue weighted by molar-refractivity contribution is 6.30. The van der Waals surface area contributed by atoms with E-state index in [1.807, 2.05) is 19.1 Å².